The van der Waals surface area contributed by atoms with Crippen LogP contribution in [0.25, 0.3) is 6.08 Å². The summed E-state index contributed by atoms with van der Waals surface area (Å²) in [5.41, 5.74) is 1.17. The molecular weight excluding hydrogens is 264 g/mol. The lowest BCUT2D eigenvalue weighted by Gasteiger charge is -2.09. The van der Waals surface area contributed by atoms with Gasteiger partial charge < -0.3 is 20.4 Å². The minimum atomic E-state index is -0.990. The van der Waals surface area contributed by atoms with E-state index in [9.17, 15) is 0 Å². The van der Waals surface area contributed by atoms with Crippen LogP contribution in [0.15, 0.2) is 36.9 Å². The van der Waals surface area contributed by atoms with E-state index < -0.39 is 25.4 Å². The summed E-state index contributed by atoms with van der Waals surface area (Å²) in [5, 5.41) is 34.1. The van der Waals surface area contributed by atoms with Crippen LogP contribution in [0.5, 0.6) is 0 Å². The topological polar surface area (TPSA) is 99.4 Å². The van der Waals surface area contributed by atoms with Gasteiger partial charge in [-0.3, -0.25) is 0 Å². The number of benzene rings is 1. The van der Waals surface area contributed by atoms with Crippen LogP contribution in [-0.2, 0) is 9.78 Å². The van der Waals surface area contributed by atoms with Crippen molar-refractivity contribution in [3.63, 3.8) is 0 Å². The Morgan fingerprint density at radius 1 is 0.950 bits per heavy atom. The summed E-state index contributed by atoms with van der Waals surface area (Å²) in [7, 11) is 0. The maximum atomic E-state index is 8.71. The van der Waals surface area contributed by atoms with E-state index in [0.717, 1.165) is 0 Å². The number of rotatable bonds is 8. The van der Waals surface area contributed by atoms with Crippen molar-refractivity contribution < 1.29 is 30.2 Å². The number of hydrogen-bond acceptors (Lipinski definition) is 6. The maximum absolute atomic E-state index is 8.71. The smallest absolute Gasteiger partial charge is 0.110 e. The molecule has 1 rings (SSSR count). The first-order valence-electron chi connectivity index (χ1n) is 6.13. The average molecular weight is 286 g/mol. The van der Waals surface area contributed by atoms with Crippen LogP contribution in [0, 0.1) is 0 Å². The number of aliphatic hydroxyl groups excluding tert-OH is 4. The van der Waals surface area contributed by atoms with Crippen molar-refractivity contribution in [3.05, 3.63) is 42.5 Å². The Hall–Kier alpha value is -1.28. The highest BCUT2D eigenvalue weighted by Gasteiger charge is 2.04. The van der Waals surface area contributed by atoms with Crippen molar-refractivity contribution in [3.8, 4) is 0 Å². The van der Waals surface area contributed by atoms with Gasteiger partial charge in [0.2, 0.25) is 0 Å². The van der Waals surface area contributed by atoms with Gasteiger partial charge in [0.15, 0.2) is 0 Å². The number of aliphatic hydroxyl groups is 4. The Kier molecular flexibility index (Phi) is 11.9. The Morgan fingerprint density at radius 3 is 1.70 bits per heavy atom. The molecule has 0 spiro atoms. The third-order valence-electron chi connectivity index (χ3n) is 2.06. The SMILES string of the molecule is C=Cc1ccccc1.OCC(O)COOCC(O)CO. The molecular formula is C14H22O6. The monoisotopic (exact) mass is 286 g/mol. The van der Waals surface area contributed by atoms with Gasteiger partial charge in [-0.2, -0.15) is 0 Å². The molecule has 20 heavy (non-hydrogen) atoms. The first kappa shape index (κ1) is 18.7. The lowest BCUT2D eigenvalue weighted by molar-refractivity contribution is -0.316. The van der Waals surface area contributed by atoms with Crippen molar-refractivity contribution in [2.45, 2.75) is 12.2 Å². The second-order valence-electron chi connectivity index (χ2n) is 3.86. The van der Waals surface area contributed by atoms with Gasteiger partial charge in [-0.15, -0.1) is 0 Å². The molecule has 1 aromatic carbocycles. The molecule has 0 radical (unpaired) electrons. The van der Waals surface area contributed by atoms with Gasteiger partial charge in [-0.05, 0) is 5.56 Å². The van der Waals surface area contributed by atoms with E-state index in [1.165, 1.54) is 5.56 Å². The van der Waals surface area contributed by atoms with E-state index in [-0.39, 0.29) is 13.2 Å². The fraction of sp³-hybridized carbons (Fsp3) is 0.429. The Bertz CT molecular complexity index is 318. The molecule has 6 nitrogen and oxygen atoms in total. The zero-order valence-corrected chi connectivity index (χ0v) is 11.3. The standard InChI is InChI=1S/C8H8.C6H14O6/c1-2-8-6-4-3-5-7-8;7-1-5(9)3-11-12-4-6(10)2-8/h2-7H,1H2;5-10H,1-4H2. The molecule has 0 aliphatic carbocycles. The van der Waals surface area contributed by atoms with Crippen LogP contribution in [-0.4, -0.2) is 59.1 Å². The number of hydrogen-bond donors (Lipinski definition) is 4. The predicted molar refractivity (Wildman–Crippen MR) is 74.6 cm³/mol. The molecule has 0 aliphatic heterocycles. The maximum Gasteiger partial charge on any atom is 0.110 e. The van der Waals surface area contributed by atoms with Crippen LogP contribution < -0.4 is 0 Å². The fourth-order valence-electron chi connectivity index (χ4n) is 0.948. The second-order valence-corrected chi connectivity index (χ2v) is 3.86. The van der Waals surface area contributed by atoms with Crippen molar-refractivity contribution in [2.24, 2.45) is 0 Å². The van der Waals surface area contributed by atoms with E-state index >= 15 is 0 Å². The molecule has 0 saturated heterocycles. The molecule has 0 heterocycles. The first-order valence-corrected chi connectivity index (χ1v) is 6.13. The van der Waals surface area contributed by atoms with Gasteiger partial charge in [0.05, 0.1) is 13.2 Å². The summed E-state index contributed by atoms with van der Waals surface area (Å²) in [5.74, 6) is 0. The molecule has 0 fully saturated rings. The van der Waals surface area contributed by atoms with E-state index in [2.05, 4.69) is 16.4 Å². The van der Waals surface area contributed by atoms with Crippen molar-refractivity contribution >= 4 is 6.08 Å². The highest BCUT2D eigenvalue weighted by atomic mass is 17.2. The van der Waals surface area contributed by atoms with Gasteiger partial charge in [-0.25, -0.2) is 9.78 Å². The van der Waals surface area contributed by atoms with Gasteiger partial charge in [0, 0.05) is 0 Å². The average Bonchev–Trinajstić information content (AvgIpc) is 2.52. The minimum Gasteiger partial charge on any atom is -0.394 e. The largest absolute Gasteiger partial charge is 0.394 e. The Balaban J connectivity index is 0.000000388. The third-order valence-corrected chi connectivity index (χ3v) is 2.06. The highest BCUT2D eigenvalue weighted by molar-refractivity contribution is 5.45. The van der Waals surface area contributed by atoms with Crippen molar-refractivity contribution in [1.82, 2.24) is 0 Å². The van der Waals surface area contributed by atoms with Crippen LogP contribution in [0.1, 0.15) is 5.56 Å². The molecule has 0 aromatic heterocycles. The molecule has 0 amide bonds. The van der Waals surface area contributed by atoms with Crippen LogP contribution in [0.4, 0.5) is 0 Å². The fourth-order valence-corrected chi connectivity index (χ4v) is 0.948. The molecule has 2 atom stereocenters. The Labute approximate surface area is 118 Å². The van der Waals surface area contributed by atoms with Gasteiger partial charge in [0.1, 0.15) is 25.4 Å². The normalized spacial score (nSPS) is 13.0. The zero-order valence-electron chi connectivity index (χ0n) is 11.3. The van der Waals surface area contributed by atoms with E-state index in [1.54, 1.807) is 0 Å². The van der Waals surface area contributed by atoms with Crippen molar-refractivity contribution in [2.75, 3.05) is 26.4 Å². The third kappa shape index (κ3) is 10.6. The van der Waals surface area contributed by atoms with Gasteiger partial charge >= 0.3 is 0 Å². The lowest BCUT2D eigenvalue weighted by atomic mass is 10.2. The van der Waals surface area contributed by atoms with Crippen LogP contribution in [0.3, 0.4) is 0 Å². The summed E-state index contributed by atoms with van der Waals surface area (Å²) in [6.07, 6.45) is -0.146. The van der Waals surface area contributed by atoms with Gasteiger partial charge in [0.25, 0.3) is 0 Å². The summed E-state index contributed by atoms with van der Waals surface area (Å²) in [6.45, 7) is 2.47. The first-order chi connectivity index (χ1) is 9.63. The summed E-state index contributed by atoms with van der Waals surface area (Å²) >= 11 is 0. The van der Waals surface area contributed by atoms with E-state index in [1.807, 2.05) is 36.4 Å². The molecule has 2 unspecified atom stereocenters. The minimum absolute atomic E-state index is 0.172. The second kappa shape index (κ2) is 12.7. The molecule has 4 N–H and O–H groups in total. The van der Waals surface area contributed by atoms with Crippen LogP contribution in [0.2, 0.25) is 0 Å². The van der Waals surface area contributed by atoms with E-state index in [0.29, 0.717) is 0 Å². The summed E-state index contributed by atoms with van der Waals surface area (Å²) < 4.78 is 0. The molecule has 1 aromatic rings. The zero-order chi connectivity index (χ0) is 15.2. The van der Waals surface area contributed by atoms with E-state index in [4.69, 9.17) is 20.4 Å². The molecule has 114 valence electrons. The molecule has 0 aliphatic rings. The quantitative estimate of drug-likeness (QED) is 0.304. The Morgan fingerprint density at radius 2 is 1.40 bits per heavy atom. The van der Waals surface area contributed by atoms with Gasteiger partial charge in [-0.1, -0.05) is 43.0 Å². The molecule has 0 bridgehead atoms. The molecule has 6 heteroatoms. The lowest BCUT2D eigenvalue weighted by Crippen LogP contribution is -2.23. The summed E-state index contributed by atoms with van der Waals surface area (Å²) in [4.78, 5) is 8.76. The van der Waals surface area contributed by atoms with Crippen molar-refractivity contribution in [1.29, 1.82) is 0 Å². The molecule has 0 saturated carbocycles. The predicted octanol–water partition coefficient (Wildman–Crippen LogP) is -0.0294. The highest BCUT2D eigenvalue weighted by Crippen LogP contribution is 1.97. The van der Waals surface area contributed by atoms with Crippen LogP contribution >= 0.6 is 0 Å². The summed E-state index contributed by atoms with van der Waals surface area (Å²) in [6, 6.07) is 10.0.